The van der Waals surface area contributed by atoms with E-state index in [0.29, 0.717) is 12.5 Å². The first kappa shape index (κ1) is 13.3. The van der Waals surface area contributed by atoms with Gasteiger partial charge in [0.2, 0.25) is 0 Å². The van der Waals surface area contributed by atoms with E-state index in [4.69, 9.17) is 5.73 Å². The van der Waals surface area contributed by atoms with Crippen LogP contribution in [-0.2, 0) is 0 Å². The summed E-state index contributed by atoms with van der Waals surface area (Å²) in [6, 6.07) is 0.0429. The second kappa shape index (κ2) is 5.53. The van der Waals surface area contributed by atoms with Crippen molar-refractivity contribution in [2.45, 2.75) is 45.6 Å². The third-order valence-corrected chi connectivity index (χ3v) is 3.73. The summed E-state index contributed by atoms with van der Waals surface area (Å²) < 4.78 is 0. The number of hydrogen-bond acceptors (Lipinski definition) is 2. The number of nitrogens with two attached hydrogens (primary N) is 1. The van der Waals surface area contributed by atoms with Crippen LogP contribution in [0.5, 0.6) is 0 Å². The highest BCUT2D eigenvalue weighted by Gasteiger charge is 2.30. The van der Waals surface area contributed by atoms with Crippen molar-refractivity contribution in [3.63, 3.8) is 0 Å². The highest BCUT2D eigenvalue weighted by molar-refractivity contribution is 5.75. The molecule has 2 amide bonds. The summed E-state index contributed by atoms with van der Waals surface area (Å²) in [7, 11) is 0. The first-order valence-electron chi connectivity index (χ1n) is 6.27. The Labute approximate surface area is 98.6 Å². The SMILES string of the molecule is CC(C)C(C)(CN)NC(=O)N1CCCCC1. The maximum Gasteiger partial charge on any atom is 0.317 e. The van der Waals surface area contributed by atoms with E-state index in [-0.39, 0.29) is 11.6 Å². The lowest BCUT2D eigenvalue weighted by Crippen LogP contribution is -2.58. The van der Waals surface area contributed by atoms with Crippen LogP contribution in [-0.4, -0.2) is 36.1 Å². The zero-order valence-electron chi connectivity index (χ0n) is 10.8. The van der Waals surface area contributed by atoms with Gasteiger partial charge in [0.15, 0.2) is 0 Å². The Balaban J connectivity index is 2.54. The molecule has 16 heavy (non-hydrogen) atoms. The average molecular weight is 227 g/mol. The maximum absolute atomic E-state index is 12.0. The van der Waals surface area contributed by atoms with Crippen molar-refractivity contribution in [1.29, 1.82) is 0 Å². The third-order valence-electron chi connectivity index (χ3n) is 3.73. The molecule has 0 radical (unpaired) electrons. The van der Waals surface area contributed by atoms with Crippen LogP contribution < -0.4 is 11.1 Å². The highest BCUT2D eigenvalue weighted by atomic mass is 16.2. The van der Waals surface area contributed by atoms with Crippen LogP contribution in [0.25, 0.3) is 0 Å². The fourth-order valence-electron chi connectivity index (χ4n) is 1.85. The van der Waals surface area contributed by atoms with Gasteiger partial charge in [0.25, 0.3) is 0 Å². The zero-order chi connectivity index (χ0) is 12.2. The second-order valence-electron chi connectivity index (χ2n) is 5.25. The molecule has 4 heteroatoms. The Bertz CT molecular complexity index is 236. The standard InChI is InChI=1S/C12H25N3O/c1-10(2)12(3,9-13)14-11(16)15-7-5-4-6-8-15/h10H,4-9,13H2,1-3H3,(H,14,16). The van der Waals surface area contributed by atoms with Crippen molar-refractivity contribution >= 4 is 6.03 Å². The molecule has 1 heterocycles. The summed E-state index contributed by atoms with van der Waals surface area (Å²) in [4.78, 5) is 13.9. The molecule has 0 aromatic rings. The highest BCUT2D eigenvalue weighted by Crippen LogP contribution is 2.16. The number of nitrogens with one attached hydrogen (secondary N) is 1. The monoisotopic (exact) mass is 227 g/mol. The first-order valence-corrected chi connectivity index (χ1v) is 6.27. The fraction of sp³-hybridized carbons (Fsp3) is 0.917. The van der Waals surface area contributed by atoms with E-state index in [1.807, 2.05) is 11.8 Å². The van der Waals surface area contributed by atoms with Crippen LogP contribution in [0.15, 0.2) is 0 Å². The van der Waals surface area contributed by atoms with Crippen molar-refractivity contribution < 1.29 is 4.79 Å². The molecule has 1 rings (SSSR count). The predicted octanol–water partition coefficient (Wildman–Crippen LogP) is 1.56. The second-order valence-corrected chi connectivity index (χ2v) is 5.25. The predicted molar refractivity (Wildman–Crippen MR) is 66.3 cm³/mol. The van der Waals surface area contributed by atoms with Gasteiger partial charge in [-0.3, -0.25) is 0 Å². The van der Waals surface area contributed by atoms with Crippen molar-refractivity contribution in [3.05, 3.63) is 0 Å². The minimum absolute atomic E-state index is 0.0429. The van der Waals surface area contributed by atoms with Crippen molar-refractivity contribution in [1.82, 2.24) is 10.2 Å². The van der Waals surface area contributed by atoms with E-state index in [0.717, 1.165) is 25.9 Å². The number of urea groups is 1. The molecule has 3 N–H and O–H groups in total. The van der Waals surface area contributed by atoms with E-state index in [1.54, 1.807) is 0 Å². The molecule has 1 fully saturated rings. The molecule has 0 aliphatic carbocycles. The van der Waals surface area contributed by atoms with Crippen molar-refractivity contribution in [3.8, 4) is 0 Å². The minimum Gasteiger partial charge on any atom is -0.331 e. The van der Waals surface area contributed by atoms with Gasteiger partial charge in [-0.15, -0.1) is 0 Å². The fourth-order valence-corrected chi connectivity index (χ4v) is 1.85. The maximum atomic E-state index is 12.0. The van der Waals surface area contributed by atoms with E-state index >= 15 is 0 Å². The van der Waals surface area contributed by atoms with Crippen LogP contribution >= 0.6 is 0 Å². The molecule has 0 bridgehead atoms. The number of nitrogens with zero attached hydrogens (tertiary/aromatic N) is 1. The molecule has 1 saturated heterocycles. The molecule has 0 saturated carbocycles. The number of hydrogen-bond donors (Lipinski definition) is 2. The molecule has 4 nitrogen and oxygen atoms in total. The number of likely N-dealkylation sites (tertiary alicyclic amines) is 1. The van der Waals surface area contributed by atoms with Gasteiger partial charge in [-0.2, -0.15) is 0 Å². The smallest absolute Gasteiger partial charge is 0.317 e. The molecule has 1 aliphatic rings. The number of rotatable bonds is 3. The summed E-state index contributed by atoms with van der Waals surface area (Å²) in [5.41, 5.74) is 5.46. The summed E-state index contributed by atoms with van der Waals surface area (Å²) in [6.07, 6.45) is 3.48. The first-order chi connectivity index (χ1) is 7.49. The van der Waals surface area contributed by atoms with Gasteiger partial charge in [-0.25, -0.2) is 4.79 Å². The zero-order valence-corrected chi connectivity index (χ0v) is 10.8. The molecule has 1 atom stereocenters. The summed E-state index contributed by atoms with van der Waals surface area (Å²) >= 11 is 0. The average Bonchev–Trinajstić information content (AvgIpc) is 2.29. The van der Waals surface area contributed by atoms with Crippen LogP contribution in [0.4, 0.5) is 4.79 Å². The van der Waals surface area contributed by atoms with Crippen molar-refractivity contribution in [2.24, 2.45) is 11.7 Å². The van der Waals surface area contributed by atoms with Gasteiger partial charge in [0.05, 0.1) is 5.54 Å². The van der Waals surface area contributed by atoms with E-state index in [1.165, 1.54) is 6.42 Å². The van der Waals surface area contributed by atoms with Gasteiger partial charge in [0, 0.05) is 19.6 Å². The van der Waals surface area contributed by atoms with Gasteiger partial charge in [-0.05, 0) is 32.1 Å². The number of piperidine rings is 1. The summed E-state index contributed by atoms with van der Waals surface area (Å²) in [6.45, 7) is 8.42. The van der Waals surface area contributed by atoms with Gasteiger partial charge in [-0.1, -0.05) is 13.8 Å². The van der Waals surface area contributed by atoms with Crippen LogP contribution in [0.3, 0.4) is 0 Å². The van der Waals surface area contributed by atoms with E-state index < -0.39 is 0 Å². The van der Waals surface area contributed by atoms with Gasteiger partial charge >= 0.3 is 6.03 Å². The lowest BCUT2D eigenvalue weighted by Gasteiger charge is -2.37. The molecule has 0 spiro atoms. The van der Waals surface area contributed by atoms with Crippen LogP contribution in [0.1, 0.15) is 40.0 Å². The summed E-state index contributed by atoms with van der Waals surface area (Å²) in [5, 5.41) is 3.07. The molecule has 94 valence electrons. The number of carbonyl (C=O) groups is 1. The Morgan fingerprint density at radius 3 is 2.38 bits per heavy atom. The number of amides is 2. The molecular formula is C12H25N3O. The molecular weight excluding hydrogens is 202 g/mol. The van der Waals surface area contributed by atoms with E-state index in [9.17, 15) is 4.79 Å². The van der Waals surface area contributed by atoms with Gasteiger partial charge < -0.3 is 16.0 Å². The van der Waals surface area contributed by atoms with Gasteiger partial charge in [0.1, 0.15) is 0 Å². The van der Waals surface area contributed by atoms with Crippen LogP contribution in [0, 0.1) is 5.92 Å². The Morgan fingerprint density at radius 2 is 1.94 bits per heavy atom. The Hall–Kier alpha value is -0.770. The normalized spacial score (nSPS) is 20.7. The largest absolute Gasteiger partial charge is 0.331 e. The van der Waals surface area contributed by atoms with Crippen LogP contribution in [0.2, 0.25) is 0 Å². The Kier molecular flexibility index (Phi) is 4.59. The number of carbonyl (C=O) groups excluding carboxylic acids is 1. The quantitative estimate of drug-likeness (QED) is 0.768. The Morgan fingerprint density at radius 1 is 1.38 bits per heavy atom. The lowest BCUT2D eigenvalue weighted by molar-refractivity contribution is 0.165. The molecule has 0 aromatic carbocycles. The topological polar surface area (TPSA) is 58.4 Å². The van der Waals surface area contributed by atoms with E-state index in [2.05, 4.69) is 19.2 Å². The summed E-state index contributed by atoms with van der Waals surface area (Å²) in [5.74, 6) is 0.339. The molecule has 0 aromatic heterocycles. The lowest BCUT2D eigenvalue weighted by atomic mass is 9.88. The minimum atomic E-state index is -0.297. The molecule has 1 aliphatic heterocycles. The molecule has 1 unspecified atom stereocenters. The third kappa shape index (κ3) is 3.11. The van der Waals surface area contributed by atoms with Crippen molar-refractivity contribution in [2.75, 3.05) is 19.6 Å².